The van der Waals surface area contributed by atoms with Crippen LogP contribution in [0.3, 0.4) is 0 Å². The molecule has 0 aliphatic heterocycles. The van der Waals surface area contributed by atoms with Crippen molar-refractivity contribution >= 4 is 5.91 Å². The van der Waals surface area contributed by atoms with Crippen molar-refractivity contribution in [1.82, 2.24) is 5.32 Å². The molecule has 0 aromatic heterocycles. The first-order chi connectivity index (χ1) is 13.1. The zero-order valence-corrected chi connectivity index (χ0v) is 17.0. The molecular weight excluding hydrogens is 334 g/mol. The van der Waals surface area contributed by atoms with Gasteiger partial charge in [0.1, 0.15) is 5.75 Å². The average molecular weight is 368 g/mol. The highest BCUT2D eigenvalue weighted by atomic mass is 16.5. The van der Waals surface area contributed by atoms with E-state index in [2.05, 4.69) is 43.4 Å². The Morgan fingerprint density at radius 2 is 2.19 bits per heavy atom. The molecule has 0 heterocycles. The Bertz CT molecular complexity index is 753. The molecule has 4 rings (SSSR count). The normalized spacial score (nSPS) is 31.4. The van der Waals surface area contributed by atoms with Crippen LogP contribution in [0.25, 0.3) is 0 Å². The van der Waals surface area contributed by atoms with Crippen LogP contribution in [0.5, 0.6) is 5.75 Å². The Hall–Kier alpha value is -1.77. The van der Waals surface area contributed by atoms with Crippen molar-refractivity contribution < 1.29 is 9.53 Å². The van der Waals surface area contributed by atoms with Gasteiger partial charge in [0.2, 0.25) is 5.91 Å². The van der Waals surface area contributed by atoms with Crippen LogP contribution < -0.4 is 10.1 Å². The summed E-state index contributed by atoms with van der Waals surface area (Å²) in [7, 11) is 1.75. The molecule has 1 N–H and O–H groups in total. The van der Waals surface area contributed by atoms with Gasteiger partial charge in [0.05, 0.1) is 7.11 Å². The fourth-order valence-corrected chi connectivity index (χ4v) is 6.08. The summed E-state index contributed by atoms with van der Waals surface area (Å²) in [6.45, 7) is 5.32. The highest BCUT2D eigenvalue weighted by Gasteiger charge is 2.53. The first-order valence-electron chi connectivity index (χ1n) is 10.7. The molecule has 1 saturated carbocycles. The number of rotatable bonds is 5. The Labute approximate surface area is 163 Å². The molecule has 1 aromatic carbocycles. The molecule has 0 saturated heterocycles. The van der Waals surface area contributed by atoms with E-state index in [0.717, 1.165) is 50.0 Å². The Morgan fingerprint density at radius 3 is 2.96 bits per heavy atom. The number of carbonyl (C=O) groups is 1. The lowest BCUT2D eigenvalue weighted by Crippen LogP contribution is -2.44. The van der Waals surface area contributed by atoms with Crippen LogP contribution in [-0.2, 0) is 11.2 Å². The summed E-state index contributed by atoms with van der Waals surface area (Å²) in [5.41, 5.74) is 4.14. The number of amides is 1. The Morgan fingerprint density at radius 1 is 1.33 bits per heavy atom. The standard InChI is InChI=1S/C24H33NO2/c1-4-5-14-25-23(26)22-11-10-21-20-8-6-16-15-17(27-3)7-9-18(16)19(20)12-13-24(21,22)2/h7,9,11,15,19-21H,4-6,8,10,12-14H2,1-3H3,(H,25,26)/t19-,20-,21+,24+/m1/s1. The molecule has 3 aliphatic rings. The molecule has 27 heavy (non-hydrogen) atoms. The van der Waals surface area contributed by atoms with Gasteiger partial charge in [0, 0.05) is 17.5 Å². The van der Waals surface area contributed by atoms with Gasteiger partial charge in [-0.05, 0) is 79.5 Å². The molecule has 4 atom stereocenters. The molecule has 1 aromatic rings. The summed E-state index contributed by atoms with van der Waals surface area (Å²) in [5, 5.41) is 3.16. The number of carbonyl (C=O) groups excluding carboxylic acids is 1. The van der Waals surface area contributed by atoms with E-state index in [1.807, 2.05) is 0 Å². The van der Waals surface area contributed by atoms with Gasteiger partial charge in [-0.25, -0.2) is 0 Å². The smallest absolute Gasteiger partial charge is 0.247 e. The second-order valence-corrected chi connectivity index (χ2v) is 8.90. The SMILES string of the molecule is CCCCNC(=O)C1=CC[C@H]2[C@@H]3CCc4cc(OC)ccc4[C@H]3CC[C@]12C. The lowest BCUT2D eigenvalue weighted by Gasteiger charge is -2.50. The van der Waals surface area contributed by atoms with Crippen LogP contribution in [0.2, 0.25) is 0 Å². The number of allylic oxidation sites excluding steroid dienone is 1. The van der Waals surface area contributed by atoms with Crippen molar-refractivity contribution in [3.05, 3.63) is 41.0 Å². The van der Waals surface area contributed by atoms with Crippen LogP contribution in [-0.4, -0.2) is 19.6 Å². The van der Waals surface area contributed by atoms with Gasteiger partial charge in [0.15, 0.2) is 0 Å². The number of fused-ring (bicyclic) bond motifs is 5. The summed E-state index contributed by atoms with van der Waals surface area (Å²) < 4.78 is 5.43. The van der Waals surface area contributed by atoms with Crippen molar-refractivity contribution in [2.45, 2.75) is 64.7 Å². The number of hydrogen-bond donors (Lipinski definition) is 1. The van der Waals surface area contributed by atoms with Gasteiger partial charge in [-0.1, -0.05) is 32.4 Å². The maximum atomic E-state index is 12.8. The van der Waals surface area contributed by atoms with Gasteiger partial charge < -0.3 is 10.1 Å². The average Bonchev–Trinajstić information content (AvgIpc) is 3.04. The molecule has 1 amide bonds. The second kappa shape index (κ2) is 7.33. The summed E-state index contributed by atoms with van der Waals surface area (Å²) >= 11 is 0. The monoisotopic (exact) mass is 367 g/mol. The van der Waals surface area contributed by atoms with Crippen molar-refractivity contribution in [3.8, 4) is 5.75 Å². The first-order valence-corrected chi connectivity index (χ1v) is 10.7. The minimum Gasteiger partial charge on any atom is -0.497 e. The number of unbranched alkanes of at least 4 members (excludes halogenated alkanes) is 1. The van der Waals surface area contributed by atoms with Crippen molar-refractivity contribution in [1.29, 1.82) is 0 Å². The third-order valence-corrected chi connectivity index (χ3v) is 7.58. The van der Waals surface area contributed by atoms with Crippen LogP contribution >= 0.6 is 0 Å². The summed E-state index contributed by atoms with van der Waals surface area (Å²) in [4.78, 5) is 12.8. The molecule has 0 spiro atoms. The van der Waals surface area contributed by atoms with E-state index in [1.165, 1.54) is 24.0 Å². The molecule has 146 valence electrons. The van der Waals surface area contributed by atoms with Crippen LogP contribution in [0.1, 0.15) is 69.4 Å². The number of methoxy groups -OCH3 is 1. The fourth-order valence-electron chi connectivity index (χ4n) is 6.08. The molecule has 3 aliphatic carbocycles. The molecule has 3 nitrogen and oxygen atoms in total. The maximum Gasteiger partial charge on any atom is 0.247 e. The van der Waals surface area contributed by atoms with Crippen molar-refractivity contribution in [2.24, 2.45) is 17.3 Å². The van der Waals surface area contributed by atoms with E-state index >= 15 is 0 Å². The van der Waals surface area contributed by atoms with Gasteiger partial charge in [-0.15, -0.1) is 0 Å². The van der Waals surface area contributed by atoms with Gasteiger partial charge in [-0.2, -0.15) is 0 Å². The third-order valence-electron chi connectivity index (χ3n) is 7.58. The van der Waals surface area contributed by atoms with Gasteiger partial charge in [-0.3, -0.25) is 4.79 Å². The molecule has 1 fully saturated rings. The van der Waals surface area contributed by atoms with E-state index in [0.29, 0.717) is 17.8 Å². The van der Waals surface area contributed by atoms with E-state index in [1.54, 1.807) is 7.11 Å². The minimum absolute atomic E-state index is 0.0570. The lowest BCUT2D eigenvalue weighted by atomic mass is 9.54. The predicted molar refractivity (Wildman–Crippen MR) is 109 cm³/mol. The molecule has 0 bridgehead atoms. The van der Waals surface area contributed by atoms with E-state index in [9.17, 15) is 4.79 Å². The molecular formula is C24H33NO2. The van der Waals surface area contributed by atoms with Crippen molar-refractivity contribution in [2.75, 3.05) is 13.7 Å². The van der Waals surface area contributed by atoms with Gasteiger partial charge in [0.25, 0.3) is 0 Å². The Balaban J connectivity index is 1.53. The first kappa shape index (κ1) is 18.6. The number of aryl methyl sites for hydroxylation is 1. The number of benzene rings is 1. The number of hydrogen-bond acceptors (Lipinski definition) is 2. The predicted octanol–water partition coefficient (Wildman–Crippen LogP) is 5.00. The molecule has 3 heteroatoms. The maximum absolute atomic E-state index is 12.8. The highest BCUT2D eigenvalue weighted by Crippen LogP contribution is 2.61. The quantitative estimate of drug-likeness (QED) is 0.744. The summed E-state index contributed by atoms with van der Waals surface area (Å²) in [6.07, 6.45) is 10.2. The zero-order valence-electron chi connectivity index (χ0n) is 17.0. The second-order valence-electron chi connectivity index (χ2n) is 8.90. The molecule has 0 radical (unpaired) electrons. The van der Waals surface area contributed by atoms with Crippen LogP contribution in [0.15, 0.2) is 29.8 Å². The summed E-state index contributed by atoms with van der Waals surface area (Å²) in [6, 6.07) is 6.65. The zero-order chi connectivity index (χ0) is 19.0. The number of nitrogens with one attached hydrogen (secondary N) is 1. The van der Waals surface area contributed by atoms with E-state index in [-0.39, 0.29) is 11.3 Å². The highest BCUT2D eigenvalue weighted by molar-refractivity contribution is 5.95. The van der Waals surface area contributed by atoms with E-state index < -0.39 is 0 Å². The number of ether oxygens (including phenoxy) is 1. The minimum atomic E-state index is 0.0570. The van der Waals surface area contributed by atoms with Crippen molar-refractivity contribution in [3.63, 3.8) is 0 Å². The lowest BCUT2D eigenvalue weighted by molar-refractivity contribution is -0.119. The Kier molecular flexibility index (Phi) is 5.05. The van der Waals surface area contributed by atoms with Crippen LogP contribution in [0, 0.1) is 17.3 Å². The van der Waals surface area contributed by atoms with E-state index in [4.69, 9.17) is 4.74 Å². The largest absolute Gasteiger partial charge is 0.497 e. The molecule has 0 unspecified atom stereocenters. The fraction of sp³-hybridized carbons (Fsp3) is 0.625. The third kappa shape index (κ3) is 3.09. The van der Waals surface area contributed by atoms with Crippen LogP contribution in [0.4, 0.5) is 0 Å². The summed E-state index contributed by atoms with van der Waals surface area (Å²) in [5.74, 6) is 3.11. The topological polar surface area (TPSA) is 38.3 Å². The van der Waals surface area contributed by atoms with Gasteiger partial charge >= 0.3 is 0 Å².